The number of carbonyl (C=O) groups is 2. The first kappa shape index (κ1) is 13.3. The third-order valence-corrected chi connectivity index (χ3v) is 4.30. The Morgan fingerprint density at radius 1 is 1.22 bits per heavy atom. The molecule has 3 N–H and O–H groups in total. The quantitative estimate of drug-likeness (QED) is 0.700. The Morgan fingerprint density at radius 3 is 2.39 bits per heavy atom. The highest BCUT2D eigenvalue weighted by molar-refractivity contribution is 5.87. The summed E-state index contributed by atoms with van der Waals surface area (Å²) in [6.07, 6.45) is 5.41. The highest BCUT2D eigenvalue weighted by Crippen LogP contribution is 2.33. The summed E-state index contributed by atoms with van der Waals surface area (Å²) in [7, 11) is 0. The van der Waals surface area contributed by atoms with Crippen LogP contribution < -0.4 is 10.6 Å². The summed E-state index contributed by atoms with van der Waals surface area (Å²) in [5.41, 5.74) is -1.04. The van der Waals surface area contributed by atoms with Gasteiger partial charge in [-0.25, -0.2) is 0 Å². The molecule has 1 aliphatic carbocycles. The fraction of sp³-hybridized carbons (Fsp3) is 0.846. The maximum Gasteiger partial charge on any atom is 0.305 e. The number of carbonyl (C=O) groups excluding carboxylic acids is 1. The molecule has 2 fully saturated rings. The fourth-order valence-corrected chi connectivity index (χ4v) is 3.15. The van der Waals surface area contributed by atoms with Gasteiger partial charge in [-0.2, -0.15) is 0 Å². The average Bonchev–Trinajstić information content (AvgIpc) is 2.88. The van der Waals surface area contributed by atoms with Crippen molar-refractivity contribution >= 4 is 11.9 Å². The maximum atomic E-state index is 12.3. The molecule has 18 heavy (non-hydrogen) atoms. The number of hydrogen-bond donors (Lipinski definition) is 3. The summed E-state index contributed by atoms with van der Waals surface area (Å²) in [4.78, 5) is 23.3. The predicted octanol–water partition coefficient (Wildman–Crippen LogP) is 1.03. The van der Waals surface area contributed by atoms with Crippen LogP contribution in [0.25, 0.3) is 0 Å². The van der Waals surface area contributed by atoms with Crippen molar-refractivity contribution in [2.24, 2.45) is 0 Å². The van der Waals surface area contributed by atoms with E-state index in [9.17, 15) is 9.59 Å². The number of hydrogen-bond acceptors (Lipinski definition) is 3. The molecule has 0 aromatic rings. The Bertz CT molecular complexity index is 342. The summed E-state index contributed by atoms with van der Waals surface area (Å²) >= 11 is 0. The first-order valence-corrected chi connectivity index (χ1v) is 6.75. The van der Waals surface area contributed by atoms with Crippen LogP contribution in [0.2, 0.25) is 0 Å². The Kier molecular flexibility index (Phi) is 3.61. The lowest BCUT2D eigenvalue weighted by Crippen LogP contribution is -2.58. The highest BCUT2D eigenvalue weighted by atomic mass is 16.4. The fourth-order valence-electron chi connectivity index (χ4n) is 3.15. The van der Waals surface area contributed by atoms with Gasteiger partial charge < -0.3 is 15.7 Å². The van der Waals surface area contributed by atoms with E-state index in [4.69, 9.17) is 5.11 Å². The molecule has 1 amide bonds. The molecular weight excluding hydrogens is 232 g/mol. The number of nitrogens with one attached hydrogen (secondary N) is 2. The zero-order valence-electron chi connectivity index (χ0n) is 10.9. The molecule has 0 spiro atoms. The van der Waals surface area contributed by atoms with E-state index in [2.05, 4.69) is 10.6 Å². The van der Waals surface area contributed by atoms with E-state index in [-0.39, 0.29) is 12.3 Å². The maximum absolute atomic E-state index is 12.3. The van der Waals surface area contributed by atoms with E-state index in [1.807, 2.05) is 6.92 Å². The van der Waals surface area contributed by atoms with E-state index < -0.39 is 17.0 Å². The van der Waals surface area contributed by atoms with Gasteiger partial charge in [0.1, 0.15) is 0 Å². The Hall–Kier alpha value is -1.10. The molecule has 0 aromatic heterocycles. The molecule has 1 unspecified atom stereocenters. The first-order chi connectivity index (χ1) is 8.46. The van der Waals surface area contributed by atoms with Crippen molar-refractivity contribution in [3.05, 3.63) is 0 Å². The van der Waals surface area contributed by atoms with Crippen LogP contribution in [0.1, 0.15) is 51.9 Å². The van der Waals surface area contributed by atoms with Crippen LogP contribution in [0.3, 0.4) is 0 Å². The molecule has 0 bridgehead atoms. The molecule has 5 nitrogen and oxygen atoms in total. The van der Waals surface area contributed by atoms with Crippen molar-refractivity contribution in [1.82, 2.24) is 10.6 Å². The van der Waals surface area contributed by atoms with Crippen molar-refractivity contribution < 1.29 is 14.7 Å². The molecule has 1 atom stereocenters. The van der Waals surface area contributed by atoms with Gasteiger partial charge in [0.2, 0.25) is 5.91 Å². The highest BCUT2D eigenvalue weighted by Gasteiger charge is 2.43. The topological polar surface area (TPSA) is 78.4 Å². The summed E-state index contributed by atoms with van der Waals surface area (Å²) in [6.45, 7) is 2.76. The third-order valence-electron chi connectivity index (χ3n) is 4.30. The normalized spacial score (nSPS) is 30.3. The minimum absolute atomic E-state index is 0.0365. The Morgan fingerprint density at radius 2 is 1.89 bits per heavy atom. The Balaban J connectivity index is 2.04. The van der Waals surface area contributed by atoms with Crippen LogP contribution in [-0.4, -0.2) is 34.6 Å². The second kappa shape index (κ2) is 4.88. The smallest absolute Gasteiger partial charge is 0.305 e. The SMILES string of the molecule is CC1(C(=O)NC2(CC(=O)O)CCCC2)CCCN1. The second-order valence-electron chi connectivity index (χ2n) is 5.87. The molecule has 5 heteroatoms. The van der Waals surface area contributed by atoms with Crippen LogP contribution in [0.5, 0.6) is 0 Å². The van der Waals surface area contributed by atoms with Crippen molar-refractivity contribution in [1.29, 1.82) is 0 Å². The molecular formula is C13H22N2O3. The number of rotatable bonds is 4. The van der Waals surface area contributed by atoms with Gasteiger partial charge in [-0.15, -0.1) is 0 Å². The van der Waals surface area contributed by atoms with Gasteiger partial charge in [0.05, 0.1) is 17.5 Å². The molecule has 2 rings (SSSR count). The minimum Gasteiger partial charge on any atom is -0.481 e. The van der Waals surface area contributed by atoms with Crippen LogP contribution in [0.4, 0.5) is 0 Å². The van der Waals surface area contributed by atoms with Crippen LogP contribution >= 0.6 is 0 Å². The molecule has 0 radical (unpaired) electrons. The predicted molar refractivity (Wildman–Crippen MR) is 67.2 cm³/mol. The van der Waals surface area contributed by atoms with Crippen LogP contribution in [0.15, 0.2) is 0 Å². The molecule has 1 heterocycles. The van der Waals surface area contributed by atoms with Crippen molar-refractivity contribution in [3.8, 4) is 0 Å². The largest absolute Gasteiger partial charge is 0.481 e. The molecule has 1 saturated heterocycles. The van der Waals surface area contributed by atoms with Gasteiger partial charge in [-0.3, -0.25) is 9.59 Å². The first-order valence-electron chi connectivity index (χ1n) is 6.75. The summed E-state index contributed by atoms with van der Waals surface area (Å²) in [5, 5.41) is 15.3. The van der Waals surface area contributed by atoms with Crippen LogP contribution in [-0.2, 0) is 9.59 Å². The lowest BCUT2D eigenvalue weighted by Gasteiger charge is -2.33. The van der Waals surface area contributed by atoms with E-state index >= 15 is 0 Å². The molecule has 102 valence electrons. The Labute approximate surface area is 107 Å². The van der Waals surface area contributed by atoms with E-state index in [0.717, 1.165) is 45.1 Å². The molecule has 2 aliphatic rings. The number of aliphatic carboxylic acids is 1. The minimum atomic E-state index is -0.832. The summed E-state index contributed by atoms with van der Waals surface area (Å²) in [5.74, 6) is -0.870. The second-order valence-corrected chi connectivity index (χ2v) is 5.87. The number of carboxylic acid groups (broad SMARTS) is 1. The lowest BCUT2D eigenvalue weighted by molar-refractivity contribution is -0.139. The standard InChI is InChI=1S/C13H22N2O3/c1-12(5-4-8-14-12)11(18)15-13(9-10(16)17)6-2-3-7-13/h14H,2-9H2,1H3,(H,15,18)(H,16,17). The van der Waals surface area contributed by atoms with Crippen molar-refractivity contribution in [2.75, 3.05) is 6.54 Å². The lowest BCUT2D eigenvalue weighted by atomic mass is 9.90. The summed E-state index contributed by atoms with van der Waals surface area (Å²) in [6, 6.07) is 0. The van der Waals surface area contributed by atoms with Gasteiger partial charge in [0.15, 0.2) is 0 Å². The van der Waals surface area contributed by atoms with Gasteiger partial charge in [0, 0.05) is 0 Å². The molecule has 1 aliphatic heterocycles. The zero-order valence-corrected chi connectivity index (χ0v) is 10.9. The van der Waals surface area contributed by atoms with E-state index in [0.29, 0.717) is 0 Å². The van der Waals surface area contributed by atoms with Crippen molar-refractivity contribution in [3.63, 3.8) is 0 Å². The summed E-state index contributed by atoms with van der Waals surface area (Å²) < 4.78 is 0. The number of amides is 1. The van der Waals surface area contributed by atoms with Gasteiger partial charge in [-0.05, 0) is 39.2 Å². The van der Waals surface area contributed by atoms with Gasteiger partial charge in [0.25, 0.3) is 0 Å². The molecule has 0 aromatic carbocycles. The third kappa shape index (κ3) is 2.66. The zero-order chi connectivity index (χ0) is 13.2. The van der Waals surface area contributed by atoms with Crippen LogP contribution in [0, 0.1) is 0 Å². The van der Waals surface area contributed by atoms with E-state index in [1.165, 1.54) is 0 Å². The number of carboxylic acids is 1. The molecule has 1 saturated carbocycles. The monoisotopic (exact) mass is 254 g/mol. The average molecular weight is 254 g/mol. The van der Waals surface area contributed by atoms with E-state index in [1.54, 1.807) is 0 Å². The van der Waals surface area contributed by atoms with Gasteiger partial charge >= 0.3 is 5.97 Å². The van der Waals surface area contributed by atoms with Crippen molar-refractivity contribution in [2.45, 2.75) is 62.9 Å². The van der Waals surface area contributed by atoms with Gasteiger partial charge in [-0.1, -0.05) is 12.8 Å².